The molecule has 1 N–H and O–H groups in total. The number of methoxy groups -OCH3 is 1. The van der Waals surface area contributed by atoms with E-state index in [1.807, 2.05) is 73.1 Å². The van der Waals surface area contributed by atoms with Gasteiger partial charge in [0.15, 0.2) is 11.5 Å². The van der Waals surface area contributed by atoms with Gasteiger partial charge in [0.25, 0.3) is 0 Å². The number of hydrogen-bond donors (Lipinski definition) is 1. The zero-order valence-corrected chi connectivity index (χ0v) is 17.1. The second kappa shape index (κ2) is 9.78. The number of benzene rings is 2. The number of nitrogens with zero attached hydrogens (tertiary/aromatic N) is 2. The van der Waals surface area contributed by atoms with Gasteiger partial charge in [-0.3, -0.25) is 9.48 Å². The number of carbonyl (C=O) groups is 1. The van der Waals surface area contributed by atoms with Crippen LogP contribution in [0.4, 0.5) is 0 Å². The molecule has 2 aromatic carbocycles. The van der Waals surface area contributed by atoms with E-state index in [1.165, 1.54) is 0 Å². The van der Waals surface area contributed by atoms with Crippen molar-refractivity contribution in [2.75, 3.05) is 7.11 Å². The number of ether oxygens (including phenoxy) is 2. The molecule has 0 aliphatic heterocycles. The van der Waals surface area contributed by atoms with Gasteiger partial charge in [-0.15, -0.1) is 0 Å². The predicted octanol–water partition coefficient (Wildman–Crippen LogP) is 3.79. The average molecular weight is 393 g/mol. The molecule has 3 rings (SSSR count). The average Bonchev–Trinajstić information content (AvgIpc) is 3.07. The van der Waals surface area contributed by atoms with Gasteiger partial charge < -0.3 is 14.8 Å². The maximum Gasteiger partial charge on any atom is 0.222 e. The van der Waals surface area contributed by atoms with Crippen LogP contribution in [-0.4, -0.2) is 22.8 Å². The van der Waals surface area contributed by atoms with Crippen LogP contribution in [0.2, 0.25) is 0 Å². The molecule has 6 heteroatoms. The van der Waals surface area contributed by atoms with Crippen LogP contribution >= 0.6 is 0 Å². The first-order valence-electron chi connectivity index (χ1n) is 9.66. The molecule has 0 saturated carbocycles. The van der Waals surface area contributed by atoms with Crippen molar-refractivity contribution in [2.24, 2.45) is 0 Å². The Bertz CT molecular complexity index is 951. The molecule has 3 aromatic rings. The standard InChI is InChI=1S/C23H27N3O3/c1-17-13-18(2)26(25-17)12-11-23(27)24-15-20-9-10-21(22(14-20)28-3)29-16-19-7-5-4-6-8-19/h4-10,13-14H,11-12,15-16H2,1-3H3,(H,24,27). The maximum absolute atomic E-state index is 12.2. The second-order valence-corrected chi connectivity index (χ2v) is 6.94. The molecule has 1 heterocycles. The summed E-state index contributed by atoms with van der Waals surface area (Å²) in [7, 11) is 1.61. The van der Waals surface area contributed by atoms with Crippen molar-refractivity contribution < 1.29 is 14.3 Å². The largest absolute Gasteiger partial charge is 0.493 e. The first-order valence-corrected chi connectivity index (χ1v) is 9.66. The van der Waals surface area contributed by atoms with Crippen molar-refractivity contribution in [3.05, 3.63) is 77.1 Å². The molecule has 0 atom stereocenters. The second-order valence-electron chi connectivity index (χ2n) is 6.94. The predicted molar refractivity (Wildman–Crippen MR) is 112 cm³/mol. The third-order valence-electron chi connectivity index (χ3n) is 4.61. The summed E-state index contributed by atoms with van der Waals surface area (Å²) in [6.45, 7) is 5.42. The first-order chi connectivity index (χ1) is 14.0. The molecule has 152 valence electrons. The fraction of sp³-hybridized carbons (Fsp3) is 0.304. The summed E-state index contributed by atoms with van der Waals surface area (Å²) in [6.07, 6.45) is 0.386. The van der Waals surface area contributed by atoms with E-state index in [1.54, 1.807) is 7.11 Å². The lowest BCUT2D eigenvalue weighted by atomic mass is 10.2. The minimum atomic E-state index is -0.0130. The molecule has 0 fully saturated rings. The fourth-order valence-electron chi connectivity index (χ4n) is 3.07. The lowest BCUT2D eigenvalue weighted by Gasteiger charge is -2.13. The van der Waals surface area contributed by atoms with Crippen molar-refractivity contribution in [3.63, 3.8) is 0 Å². The van der Waals surface area contributed by atoms with Crippen LogP contribution < -0.4 is 14.8 Å². The van der Waals surface area contributed by atoms with E-state index >= 15 is 0 Å². The molecular weight excluding hydrogens is 366 g/mol. The molecule has 0 radical (unpaired) electrons. The summed E-state index contributed by atoms with van der Waals surface area (Å²) in [5.74, 6) is 1.31. The summed E-state index contributed by atoms with van der Waals surface area (Å²) in [5, 5.41) is 7.33. The van der Waals surface area contributed by atoms with E-state index in [4.69, 9.17) is 9.47 Å². The summed E-state index contributed by atoms with van der Waals surface area (Å²) in [6, 6.07) is 17.7. The molecular formula is C23H27N3O3. The van der Waals surface area contributed by atoms with Crippen molar-refractivity contribution in [1.82, 2.24) is 15.1 Å². The molecule has 0 bridgehead atoms. The van der Waals surface area contributed by atoms with E-state index in [-0.39, 0.29) is 5.91 Å². The molecule has 1 amide bonds. The highest BCUT2D eigenvalue weighted by molar-refractivity contribution is 5.75. The minimum absolute atomic E-state index is 0.0130. The van der Waals surface area contributed by atoms with Crippen molar-refractivity contribution in [2.45, 2.75) is 40.0 Å². The Morgan fingerprint density at radius 1 is 1.03 bits per heavy atom. The molecule has 29 heavy (non-hydrogen) atoms. The zero-order valence-electron chi connectivity index (χ0n) is 17.1. The number of nitrogens with one attached hydrogen (secondary N) is 1. The van der Waals surface area contributed by atoms with E-state index in [2.05, 4.69) is 10.4 Å². The number of rotatable bonds is 9. The topological polar surface area (TPSA) is 65.4 Å². The van der Waals surface area contributed by atoms with Gasteiger partial charge in [-0.2, -0.15) is 5.10 Å². The monoisotopic (exact) mass is 393 g/mol. The van der Waals surface area contributed by atoms with Crippen LogP contribution in [0.5, 0.6) is 11.5 Å². The van der Waals surface area contributed by atoms with E-state index in [0.717, 1.165) is 22.5 Å². The minimum Gasteiger partial charge on any atom is -0.493 e. The highest BCUT2D eigenvalue weighted by atomic mass is 16.5. The molecule has 0 unspecified atom stereocenters. The maximum atomic E-state index is 12.2. The van der Waals surface area contributed by atoms with Gasteiger partial charge in [0.1, 0.15) is 6.61 Å². The zero-order chi connectivity index (χ0) is 20.6. The van der Waals surface area contributed by atoms with Crippen LogP contribution in [0.25, 0.3) is 0 Å². The Morgan fingerprint density at radius 3 is 2.52 bits per heavy atom. The first kappa shape index (κ1) is 20.5. The third-order valence-corrected chi connectivity index (χ3v) is 4.61. The Hall–Kier alpha value is -3.28. The SMILES string of the molecule is COc1cc(CNC(=O)CCn2nc(C)cc2C)ccc1OCc1ccccc1. The lowest BCUT2D eigenvalue weighted by Crippen LogP contribution is -2.24. The van der Waals surface area contributed by atoms with Gasteiger partial charge in [-0.05, 0) is 43.2 Å². The summed E-state index contributed by atoms with van der Waals surface area (Å²) < 4.78 is 13.2. The number of aryl methyl sites for hydroxylation is 3. The van der Waals surface area contributed by atoms with Crippen LogP contribution in [0.3, 0.4) is 0 Å². The van der Waals surface area contributed by atoms with Crippen LogP contribution in [-0.2, 0) is 24.5 Å². The summed E-state index contributed by atoms with van der Waals surface area (Å²) >= 11 is 0. The number of aromatic nitrogens is 2. The van der Waals surface area contributed by atoms with E-state index < -0.39 is 0 Å². The van der Waals surface area contributed by atoms with Crippen molar-refractivity contribution >= 4 is 5.91 Å². The molecule has 1 aromatic heterocycles. The highest BCUT2D eigenvalue weighted by Gasteiger charge is 2.09. The molecule has 0 saturated heterocycles. The molecule has 0 aliphatic carbocycles. The molecule has 6 nitrogen and oxygen atoms in total. The van der Waals surface area contributed by atoms with E-state index in [0.29, 0.717) is 37.6 Å². The third kappa shape index (κ3) is 5.85. The normalized spacial score (nSPS) is 10.6. The number of carbonyl (C=O) groups excluding carboxylic acids is 1. The van der Waals surface area contributed by atoms with Crippen LogP contribution in [0.1, 0.15) is 28.9 Å². The van der Waals surface area contributed by atoms with Gasteiger partial charge in [-0.1, -0.05) is 36.4 Å². The van der Waals surface area contributed by atoms with Gasteiger partial charge >= 0.3 is 0 Å². The van der Waals surface area contributed by atoms with Gasteiger partial charge in [0, 0.05) is 25.2 Å². The summed E-state index contributed by atoms with van der Waals surface area (Å²) in [5.41, 5.74) is 4.07. The smallest absolute Gasteiger partial charge is 0.222 e. The number of hydrogen-bond acceptors (Lipinski definition) is 4. The Kier molecular flexibility index (Phi) is 6.89. The van der Waals surface area contributed by atoms with Gasteiger partial charge in [-0.25, -0.2) is 0 Å². The molecule has 0 aliphatic rings. The van der Waals surface area contributed by atoms with Crippen LogP contribution in [0, 0.1) is 13.8 Å². The van der Waals surface area contributed by atoms with Crippen molar-refractivity contribution in [1.29, 1.82) is 0 Å². The highest BCUT2D eigenvalue weighted by Crippen LogP contribution is 2.28. The number of amides is 1. The summed E-state index contributed by atoms with van der Waals surface area (Å²) in [4.78, 5) is 12.2. The Labute approximate surface area is 171 Å². The van der Waals surface area contributed by atoms with Crippen molar-refractivity contribution in [3.8, 4) is 11.5 Å². The Balaban J connectivity index is 1.51. The van der Waals surface area contributed by atoms with Gasteiger partial charge in [0.05, 0.1) is 12.8 Å². The lowest BCUT2D eigenvalue weighted by molar-refractivity contribution is -0.121. The fourth-order valence-corrected chi connectivity index (χ4v) is 3.07. The van der Waals surface area contributed by atoms with Crippen LogP contribution in [0.15, 0.2) is 54.6 Å². The quantitative estimate of drug-likeness (QED) is 0.601. The van der Waals surface area contributed by atoms with Gasteiger partial charge in [0.2, 0.25) is 5.91 Å². The molecule has 0 spiro atoms. The Morgan fingerprint density at radius 2 is 1.83 bits per heavy atom. The van der Waals surface area contributed by atoms with E-state index in [9.17, 15) is 4.79 Å².